The highest BCUT2D eigenvalue weighted by Gasteiger charge is 2.44. The Kier molecular flexibility index (Phi) is 2.76. The van der Waals surface area contributed by atoms with E-state index in [0.717, 1.165) is 5.57 Å². The second kappa shape index (κ2) is 3.50. The van der Waals surface area contributed by atoms with Crippen LogP contribution in [0.25, 0.3) is 0 Å². The summed E-state index contributed by atoms with van der Waals surface area (Å²) in [6.07, 6.45) is 0.0378. The van der Waals surface area contributed by atoms with Gasteiger partial charge in [-0.1, -0.05) is 19.1 Å². The Morgan fingerprint density at radius 1 is 1.54 bits per heavy atom. The molecule has 3 nitrogen and oxygen atoms in total. The SMILES string of the molecule is C=C(C)[C@@H]1C[C@@H](O)C(C)[C@H]1C(=O)O. The summed E-state index contributed by atoms with van der Waals surface area (Å²) in [5.41, 5.74) is 0.857. The van der Waals surface area contributed by atoms with E-state index in [4.69, 9.17) is 5.11 Å². The first-order valence-electron chi connectivity index (χ1n) is 4.51. The van der Waals surface area contributed by atoms with Gasteiger partial charge in [-0.2, -0.15) is 0 Å². The van der Waals surface area contributed by atoms with Crippen LogP contribution in [0.5, 0.6) is 0 Å². The third-order valence-corrected chi connectivity index (χ3v) is 3.02. The van der Waals surface area contributed by atoms with Crippen molar-refractivity contribution in [3.63, 3.8) is 0 Å². The molecule has 0 spiro atoms. The number of allylic oxidation sites excluding steroid dienone is 1. The molecule has 1 unspecified atom stereocenters. The Morgan fingerprint density at radius 2 is 2.08 bits per heavy atom. The number of carboxylic acid groups (broad SMARTS) is 1. The molecule has 0 aromatic rings. The summed E-state index contributed by atoms with van der Waals surface area (Å²) in [6.45, 7) is 7.37. The average molecular weight is 184 g/mol. The first-order valence-corrected chi connectivity index (χ1v) is 4.51. The highest BCUT2D eigenvalue weighted by atomic mass is 16.4. The fourth-order valence-electron chi connectivity index (χ4n) is 2.13. The van der Waals surface area contributed by atoms with Gasteiger partial charge >= 0.3 is 5.97 Å². The molecule has 1 aliphatic carbocycles. The quantitative estimate of drug-likeness (QED) is 0.635. The summed E-state index contributed by atoms with van der Waals surface area (Å²) in [4.78, 5) is 10.9. The van der Waals surface area contributed by atoms with Crippen LogP contribution in [0.3, 0.4) is 0 Å². The number of aliphatic hydroxyl groups excluding tert-OH is 1. The Morgan fingerprint density at radius 3 is 2.38 bits per heavy atom. The van der Waals surface area contributed by atoms with E-state index in [1.807, 2.05) is 6.92 Å². The minimum atomic E-state index is -0.822. The Hall–Kier alpha value is -0.830. The van der Waals surface area contributed by atoms with Crippen LogP contribution < -0.4 is 0 Å². The maximum Gasteiger partial charge on any atom is 0.307 e. The summed E-state index contributed by atoms with van der Waals surface area (Å²) in [7, 11) is 0. The fraction of sp³-hybridized carbons (Fsp3) is 0.700. The molecule has 0 aliphatic heterocycles. The van der Waals surface area contributed by atoms with Crippen molar-refractivity contribution in [3.8, 4) is 0 Å². The van der Waals surface area contributed by atoms with Crippen molar-refractivity contribution in [1.82, 2.24) is 0 Å². The molecular weight excluding hydrogens is 168 g/mol. The molecule has 0 saturated heterocycles. The van der Waals surface area contributed by atoms with Gasteiger partial charge in [0.05, 0.1) is 12.0 Å². The molecule has 2 N–H and O–H groups in total. The second-order valence-electron chi connectivity index (χ2n) is 3.98. The van der Waals surface area contributed by atoms with Crippen molar-refractivity contribution in [3.05, 3.63) is 12.2 Å². The lowest BCUT2D eigenvalue weighted by Crippen LogP contribution is -2.25. The zero-order valence-electron chi connectivity index (χ0n) is 8.03. The van der Waals surface area contributed by atoms with Crippen LogP contribution in [0.15, 0.2) is 12.2 Å². The number of rotatable bonds is 2. The first kappa shape index (κ1) is 10.3. The zero-order valence-corrected chi connectivity index (χ0v) is 8.03. The molecule has 0 radical (unpaired) electrons. The second-order valence-corrected chi connectivity index (χ2v) is 3.98. The smallest absolute Gasteiger partial charge is 0.307 e. The van der Waals surface area contributed by atoms with Crippen molar-refractivity contribution < 1.29 is 15.0 Å². The van der Waals surface area contributed by atoms with E-state index >= 15 is 0 Å². The van der Waals surface area contributed by atoms with Crippen molar-refractivity contribution in [2.75, 3.05) is 0 Å². The molecule has 1 saturated carbocycles. The van der Waals surface area contributed by atoms with Gasteiger partial charge in [-0.3, -0.25) is 4.79 Å². The minimum Gasteiger partial charge on any atom is -0.481 e. The maximum atomic E-state index is 10.9. The van der Waals surface area contributed by atoms with Crippen LogP contribution >= 0.6 is 0 Å². The summed E-state index contributed by atoms with van der Waals surface area (Å²) in [5.74, 6) is -1.52. The average Bonchev–Trinajstić information content (AvgIpc) is 2.28. The van der Waals surface area contributed by atoms with Gasteiger partial charge in [0, 0.05) is 0 Å². The van der Waals surface area contributed by atoms with Crippen LogP contribution in [0.2, 0.25) is 0 Å². The van der Waals surface area contributed by atoms with E-state index in [-0.39, 0.29) is 11.8 Å². The number of hydrogen-bond acceptors (Lipinski definition) is 2. The summed E-state index contributed by atoms with van der Waals surface area (Å²) in [6, 6.07) is 0. The van der Waals surface area contributed by atoms with E-state index in [0.29, 0.717) is 6.42 Å². The van der Waals surface area contributed by atoms with Gasteiger partial charge < -0.3 is 10.2 Å². The minimum absolute atomic E-state index is 0.0671. The maximum absolute atomic E-state index is 10.9. The normalized spacial score (nSPS) is 39.0. The van der Waals surface area contributed by atoms with E-state index < -0.39 is 18.0 Å². The Balaban J connectivity index is 2.86. The third kappa shape index (κ3) is 1.75. The molecule has 0 aromatic carbocycles. The lowest BCUT2D eigenvalue weighted by Gasteiger charge is -2.18. The molecule has 4 atom stereocenters. The molecule has 1 aliphatic rings. The Labute approximate surface area is 78.1 Å². The molecule has 1 fully saturated rings. The molecule has 74 valence electrons. The largest absolute Gasteiger partial charge is 0.481 e. The van der Waals surface area contributed by atoms with E-state index in [1.165, 1.54) is 0 Å². The molecule has 1 rings (SSSR count). The van der Waals surface area contributed by atoms with Gasteiger partial charge in [0.15, 0.2) is 0 Å². The predicted molar refractivity (Wildman–Crippen MR) is 49.2 cm³/mol. The topological polar surface area (TPSA) is 57.5 Å². The molecule has 0 bridgehead atoms. The molecular formula is C10H16O3. The summed E-state index contributed by atoms with van der Waals surface area (Å²) >= 11 is 0. The van der Waals surface area contributed by atoms with Crippen molar-refractivity contribution >= 4 is 5.97 Å². The van der Waals surface area contributed by atoms with Crippen LogP contribution in [-0.2, 0) is 4.79 Å². The standard InChI is InChI=1S/C10H16O3/c1-5(2)7-4-8(11)6(3)9(7)10(12)13/h6-9,11H,1,4H2,2-3H3,(H,12,13)/t6?,7-,8+,9+/m0/s1. The molecule has 13 heavy (non-hydrogen) atoms. The molecule has 0 amide bonds. The van der Waals surface area contributed by atoms with Gasteiger partial charge in [0.25, 0.3) is 0 Å². The molecule has 0 aromatic heterocycles. The van der Waals surface area contributed by atoms with Gasteiger partial charge in [-0.25, -0.2) is 0 Å². The van der Waals surface area contributed by atoms with E-state index in [1.54, 1.807) is 6.92 Å². The van der Waals surface area contributed by atoms with Crippen LogP contribution in [0.1, 0.15) is 20.3 Å². The predicted octanol–water partition coefficient (Wildman–Crippen LogP) is 1.28. The lowest BCUT2D eigenvalue weighted by molar-refractivity contribution is -0.144. The van der Waals surface area contributed by atoms with Crippen LogP contribution in [0.4, 0.5) is 0 Å². The number of hydrogen-bond donors (Lipinski definition) is 2. The highest BCUT2D eigenvalue weighted by molar-refractivity contribution is 5.72. The lowest BCUT2D eigenvalue weighted by atomic mass is 9.86. The first-order chi connectivity index (χ1) is 5.95. The van der Waals surface area contributed by atoms with Crippen molar-refractivity contribution in [2.24, 2.45) is 17.8 Å². The number of carboxylic acids is 1. The zero-order chi connectivity index (χ0) is 10.2. The number of aliphatic hydroxyl groups is 1. The van der Waals surface area contributed by atoms with Gasteiger partial charge in [0.2, 0.25) is 0 Å². The third-order valence-electron chi connectivity index (χ3n) is 3.02. The monoisotopic (exact) mass is 184 g/mol. The Bertz CT molecular complexity index is 234. The van der Waals surface area contributed by atoms with Crippen LogP contribution in [0, 0.1) is 17.8 Å². The fourth-order valence-corrected chi connectivity index (χ4v) is 2.13. The van der Waals surface area contributed by atoms with Gasteiger partial charge in [-0.05, 0) is 25.2 Å². The van der Waals surface area contributed by atoms with Crippen molar-refractivity contribution in [2.45, 2.75) is 26.4 Å². The highest BCUT2D eigenvalue weighted by Crippen LogP contribution is 2.40. The van der Waals surface area contributed by atoms with E-state index in [9.17, 15) is 9.90 Å². The van der Waals surface area contributed by atoms with Gasteiger partial charge in [-0.15, -0.1) is 0 Å². The number of aliphatic carboxylic acids is 1. The van der Waals surface area contributed by atoms with E-state index in [2.05, 4.69) is 6.58 Å². The van der Waals surface area contributed by atoms with Crippen molar-refractivity contribution in [1.29, 1.82) is 0 Å². The summed E-state index contributed by atoms with van der Waals surface area (Å²) < 4.78 is 0. The summed E-state index contributed by atoms with van der Waals surface area (Å²) in [5, 5.41) is 18.5. The number of carbonyl (C=O) groups is 1. The van der Waals surface area contributed by atoms with Gasteiger partial charge in [0.1, 0.15) is 0 Å². The molecule has 0 heterocycles. The van der Waals surface area contributed by atoms with Crippen LogP contribution in [-0.4, -0.2) is 22.3 Å². The molecule has 3 heteroatoms.